The molecule has 1 heterocycles. The van der Waals surface area contributed by atoms with E-state index in [9.17, 15) is 9.90 Å². The molecule has 102 valence electrons. The van der Waals surface area contributed by atoms with Crippen LogP contribution in [0.1, 0.15) is 34.0 Å². The van der Waals surface area contributed by atoms with E-state index >= 15 is 0 Å². The van der Waals surface area contributed by atoms with Gasteiger partial charge < -0.3 is 15.6 Å². The third-order valence-corrected chi connectivity index (χ3v) is 3.61. The average Bonchev–Trinajstić information content (AvgIpc) is 2.46. The summed E-state index contributed by atoms with van der Waals surface area (Å²) in [7, 11) is 0. The molecule has 0 spiro atoms. The zero-order valence-electron chi connectivity index (χ0n) is 10.9. The average molecular weight is 269 g/mol. The second-order valence-corrected chi connectivity index (χ2v) is 4.87. The summed E-state index contributed by atoms with van der Waals surface area (Å²) < 4.78 is 5.95. The van der Waals surface area contributed by atoms with Gasteiger partial charge >= 0.3 is 5.97 Å². The first-order chi connectivity index (χ1) is 9.66. The molecule has 0 amide bonds. The van der Waals surface area contributed by atoms with E-state index in [1.165, 1.54) is 0 Å². The lowest BCUT2D eigenvalue weighted by Gasteiger charge is -2.28. The summed E-state index contributed by atoms with van der Waals surface area (Å²) in [6, 6.07) is 12.7. The van der Waals surface area contributed by atoms with E-state index in [-0.39, 0.29) is 11.7 Å². The summed E-state index contributed by atoms with van der Waals surface area (Å²) in [6.07, 6.45) is 1.27. The molecule has 0 fully saturated rings. The Labute approximate surface area is 116 Å². The molecule has 2 aromatic carbocycles. The van der Waals surface area contributed by atoms with Crippen LogP contribution < -0.4 is 10.5 Å². The number of nitrogen functional groups attached to an aromatic ring is 1. The number of carboxylic acids is 1. The van der Waals surface area contributed by atoms with Crippen molar-refractivity contribution < 1.29 is 14.6 Å². The zero-order chi connectivity index (χ0) is 14.1. The van der Waals surface area contributed by atoms with Gasteiger partial charge in [-0.05, 0) is 36.6 Å². The fraction of sp³-hybridized carbons (Fsp3) is 0.188. The molecule has 1 aliphatic rings. The fourth-order valence-corrected chi connectivity index (χ4v) is 2.66. The fourth-order valence-electron chi connectivity index (χ4n) is 2.66. The van der Waals surface area contributed by atoms with E-state index in [4.69, 9.17) is 10.5 Å². The standard InChI is InChI=1S/C16H15NO3/c17-12-6-3-5-11(16(18)19)15(12)14-9-8-10-4-1-2-7-13(10)20-14/h1-7,14H,8-9,17H2,(H,18,19). The predicted octanol–water partition coefficient (Wildman–Crippen LogP) is 3.03. The second kappa shape index (κ2) is 4.89. The number of nitrogens with two attached hydrogens (primary N) is 1. The number of carbonyl (C=O) groups is 1. The second-order valence-electron chi connectivity index (χ2n) is 4.87. The quantitative estimate of drug-likeness (QED) is 0.822. The van der Waals surface area contributed by atoms with Crippen LogP contribution in [-0.2, 0) is 6.42 Å². The van der Waals surface area contributed by atoms with Gasteiger partial charge in [0.15, 0.2) is 0 Å². The molecule has 0 radical (unpaired) electrons. The number of benzene rings is 2. The van der Waals surface area contributed by atoms with E-state index in [2.05, 4.69) is 0 Å². The number of carboxylic acid groups (broad SMARTS) is 1. The molecule has 0 bridgehead atoms. The monoisotopic (exact) mass is 269 g/mol. The van der Waals surface area contributed by atoms with Crippen LogP contribution in [0, 0.1) is 0 Å². The van der Waals surface area contributed by atoms with E-state index in [1.54, 1.807) is 18.2 Å². The molecule has 0 aliphatic carbocycles. The summed E-state index contributed by atoms with van der Waals surface area (Å²) in [5.74, 6) is -0.168. The third kappa shape index (κ3) is 2.09. The minimum Gasteiger partial charge on any atom is -0.485 e. The van der Waals surface area contributed by atoms with Crippen LogP contribution in [0.2, 0.25) is 0 Å². The number of rotatable bonds is 2. The largest absolute Gasteiger partial charge is 0.485 e. The zero-order valence-corrected chi connectivity index (χ0v) is 10.9. The Bertz CT molecular complexity index is 667. The minimum absolute atomic E-state index is 0.217. The number of fused-ring (bicyclic) bond motifs is 1. The molecular weight excluding hydrogens is 254 g/mol. The maximum Gasteiger partial charge on any atom is 0.336 e. The van der Waals surface area contributed by atoms with Crippen molar-refractivity contribution in [1.29, 1.82) is 0 Å². The number of hydrogen-bond acceptors (Lipinski definition) is 3. The summed E-state index contributed by atoms with van der Waals surface area (Å²) in [5.41, 5.74) is 8.38. The summed E-state index contributed by atoms with van der Waals surface area (Å²) in [4.78, 5) is 11.4. The molecule has 4 heteroatoms. The van der Waals surface area contributed by atoms with Crippen molar-refractivity contribution in [2.24, 2.45) is 0 Å². The first-order valence-corrected chi connectivity index (χ1v) is 6.53. The summed E-state index contributed by atoms with van der Waals surface area (Å²) >= 11 is 0. The highest BCUT2D eigenvalue weighted by atomic mass is 16.5. The van der Waals surface area contributed by atoms with Gasteiger partial charge in [0.25, 0.3) is 0 Å². The summed E-state index contributed by atoms with van der Waals surface area (Å²) in [6.45, 7) is 0. The van der Waals surface area contributed by atoms with Gasteiger partial charge in [0.1, 0.15) is 11.9 Å². The number of ether oxygens (including phenoxy) is 1. The highest BCUT2D eigenvalue weighted by Gasteiger charge is 2.26. The van der Waals surface area contributed by atoms with Crippen LogP contribution in [0.15, 0.2) is 42.5 Å². The first-order valence-electron chi connectivity index (χ1n) is 6.53. The van der Waals surface area contributed by atoms with E-state index in [0.717, 1.165) is 24.2 Å². The van der Waals surface area contributed by atoms with Gasteiger partial charge in [-0.2, -0.15) is 0 Å². The normalized spacial score (nSPS) is 17.1. The van der Waals surface area contributed by atoms with Crippen LogP contribution in [0.5, 0.6) is 5.75 Å². The molecule has 2 aromatic rings. The van der Waals surface area contributed by atoms with Crippen molar-refractivity contribution in [3.63, 3.8) is 0 Å². The number of hydrogen-bond donors (Lipinski definition) is 2. The van der Waals surface area contributed by atoms with Gasteiger partial charge in [0, 0.05) is 11.3 Å². The molecule has 4 nitrogen and oxygen atoms in total. The van der Waals surface area contributed by atoms with Gasteiger partial charge in [-0.3, -0.25) is 0 Å². The van der Waals surface area contributed by atoms with Crippen LogP contribution in [0.3, 0.4) is 0 Å². The molecule has 3 rings (SSSR count). The predicted molar refractivity (Wildman–Crippen MR) is 75.9 cm³/mol. The maximum absolute atomic E-state index is 11.4. The van der Waals surface area contributed by atoms with Gasteiger partial charge in [0.05, 0.1) is 5.56 Å². The van der Waals surface area contributed by atoms with Gasteiger partial charge in [0.2, 0.25) is 0 Å². The molecule has 1 atom stereocenters. The Morgan fingerprint density at radius 1 is 1.20 bits per heavy atom. The highest BCUT2D eigenvalue weighted by molar-refractivity contribution is 5.91. The van der Waals surface area contributed by atoms with Crippen LogP contribution in [0.25, 0.3) is 0 Å². The van der Waals surface area contributed by atoms with Crippen molar-refractivity contribution in [1.82, 2.24) is 0 Å². The van der Waals surface area contributed by atoms with Crippen molar-refractivity contribution >= 4 is 11.7 Å². The molecule has 3 N–H and O–H groups in total. The van der Waals surface area contributed by atoms with Crippen LogP contribution in [-0.4, -0.2) is 11.1 Å². The van der Waals surface area contributed by atoms with Crippen molar-refractivity contribution in [3.8, 4) is 5.75 Å². The van der Waals surface area contributed by atoms with Crippen molar-refractivity contribution in [3.05, 3.63) is 59.2 Å². The first kappa shape index (κ1) is 12.5. The van der Waals surface area contributed by atoms with E-state index in [0.29, 0.717) is 11.3 Å². The smallest absolute Gasteiger partial charge is 0.336 e. The lowest BCUT2D eigenvalue weighted by atomic mass is 9.93. The molecule has 0 saturated heterocycles. The van der Waals surface area contributed by atoms with Crippen molar-refractivity contribution in [2.45, 2.75) is 18.9 Å². The van der Waals surface area contributed by atoms with Gasteiger partial charge in [-0.1, -0.05) is 24.3 Å². The maximum atomic E-state index is 11.4. The van der Waals surface area contributed by atoms with Gasteiger partial charge in [-0.15, -0.1) is 0 Å². The number of anilines is 1. The van der Waals surface area contributed by atoms with Gasteiger partial charge in [-0.25, -0.2) is 4.79 Å². The molecule has 0 saturated carbocycles. The molecule has 0 aromatic heterocycles. The van der Waals surface area contributed by atoms with E-state index < -0.39 is 5.97 Å². The Hall–Kier alpha value is -2.49. The SMILES string of the molecule is Nc1cccc(C(=O)O)c1C1CCc2ccccc2O1. The number of aromatic carboxylic acids is 1. The highest BCUT2D eigenvalue weighted by Crippen LogP contribution is 2.38. The molecule has 1 unspecified atom stereocenters. The third-order valence-electron chi connectivity index (χ3n) is 3.61. The summed E-state index contributed by atoms with van der Waals surface area (Å²) in [5, 5.41) is 9.30. The topological polar surface area (TPSA) is 72.6 Å². The Balaban J connectivity index is 2.02. The van der Waals surface area contributed by atoms with Crippen molar-refractivity contribution in [2.75, 3.05) is 5.73 Å². The Morgan fingerprint density at radius 3 is 2.80 bits per heavy atom. The number of aryl methyl sites for hydroxylation is 1. The Morgan fingerprint density at radius 2 is 2.00 bits per heavy atom. The minimum atomic E-state index is -0.977. The molecule has 20 heavy (non-hydrogen) atoms. The van der Waals surface area contributed by atoms with Crippen LogP contribution in [0.4, 0.5) is 5.69 Å². The lowest BCUT2D eigenvalue weighted by molar-refractivity contribution is 0.0689. The van der Waals surface area contributed by atoms with Crippen LogP contribution >= 0.6 is 0 Å². The van der Waals surface area contributed by atoms with E-state index in [1.807, 2.05) is 24.3 Å². The number of para-hydroxylation sites is 1. The molecular formula is C16H15NO3. The molecule has 1 aliphatic heterocycles. The Kier molecular flexibility index (Phi) is 3.06. The lowest BCUT2D eigenvalue weighted by Crippen LogP contribution is -2.19.